The van der Waals surface area contributed by atoms with Gasteiger partial charge in [-0.15, -0.1) is 0 Å². The van der Waals surface area contributed by atoms with Crippen LogP contribution in [-0.2, 0) is 14.3 Å². The van der Waals surface area contributed by atoms with Gasteiger partial charge in [0.25, 0.3) is 5.91 Å². The van der Waals surface area contributed by atoms with Crippen molar-refractivity contribution in [1.82, 2.24) is 0 Å². The van der Waals surface area contributed by atoms with Crippen molar-refractivity contribution in [3.8, 4) is 11.5 Å². The largest absolute Gasteiger partial charge is 0.497 e. The number of methoxy groups -OCH3 is 2. The summed E-state index contributed by atoms with van der Waals surface area (Å²) in [5.41, 5.74) is 2.53. The van der Waals surface area contributed by atoms with Crippen LogP contribution in [-0.4, -0.2) is 50.4 Å². The molecule has 4 rings (SSSR count). The Labute approximate surface area is 236 Å². The SMILES string of the molecule is CCOC(=O)c1ccc(N=C2S/C(=C/c3ccc(OC)cc3OC)C(=O)N2c2ccc(C(=O)OCC)cc2)cc1. The predicted molar refractivity (Wildman–Crippen MR) is 154 cm³/mol. The van der Waals surface area contributed by atoms with Gasteiger partial charge in [0.1, 0.15) is 11.5 Å². The number of nitrogens with zero attached hydrogens (tertiary/aromatic N) is 2. The molecule has 0 N–H and O–H groups in total. The van der Waals surface area contributed by atoms with Gasteiger partial charge in [-0.2, -0.15) is 0 Å². The van der Waals surface area contributed by atoms with Gasteiger partial charge in [0.15, 0.2) is 5.17 Å². The van der Waals surface area contributed by atoms with E-state index in [9.17, 15) is 14.4 Å². The highest BCUT2D eigenvalue weighted by molar-refractivity contribution is 8.19. The number of thioether (sulfide) groups is 1. The minimum Gasteiger partial charge on any atom is -0.497 e. The van der Waals surface area contributed by atoms with Crippen LogP contribution in [0.25, 0.3) is 6.08 Å². The third-order valence-corrected chi connectivity index (χ3v) is 6.74. The van der Waals surface area contributed by atoms with Gasteiger partial charge in [0.2, 0.25) is 0 Å². The molecule has 1 saturated heterocycles. The van der Waals surface area contributed by atoms with Crippen molar-refractivity contribution in [2.75, 3.05) is 32.3 Å². The van der Waals surface area contributed by atoms with Crippen LogP contribution in [0.1, 0.15) is 40.1 Å². The van der Waals surface area contributed by atoms with E-state index in [0.717, 1.165) is 0 Å². The fraction of sp³-hybridized carbons (Fsp3) is 0.200. The first-order valence-electron chi connectivity index (χ1n) is 12.5. The molecule has 1 fully saturated rings. The molecular weight excluding hydrogens is 532 g/mol. The van der Waals surface area contributed by atoms with Crippen molar-refractivity contribution in [3.05, 3.63) is 88.3 Å². The number of amides is 1. The maximum Gasteiger partial charge on any atom is 0.338 e. The summed E-state index contributed by atoms with van der Waals surface area (Å²) >= 11 is 1.20. The summed E-state index contributed by atoms with van der Waals surface area (Å²) in [7, 11) is 3.11. The van der Waals surface area contributed by atoms with Gasteiger partial charge in [0, 0.05) is 11.6 Å². The topological polar surface area (TPSA) is 104 Å². The minimum absolute atomic E-state index is 0.260. The minimum atomic E-state index is -0.445. The molecule has 0 aliphatic carbocycles. The average Bonchev–Trinajstić information content (AvgIpc) is 3.27. The molecule has 0 bridgehead atoms. The van der Waals surface area contributed by atoms with Gasteiger partial charge in [-0.25, -0.2) is 14.6 Å². The van der Waals surface area contributed by atoms with Gasteiger partial charge in [-0.05, 0) is 92.3 Å². The molecule has 10 heteroatoms. The lowest BCUT2D eigenvalue weighted by Crippen LogP contribution is -2.28. The van der Waals surface area contributed by atoms with Crippen molar-refractivity contribution in [3.63, 3.8) is 0 Å². The van der Waals surface area contributed by atoms with Gasteiger partial charge in [-0.3, -0.25) is 9.69 Å². The third-order valence-electron chi connectivity index (χ3n) is 5.77. The molecule has 1 heterocycles. The van der Waals surface area contributed by atoms with E-state index in [1.807, 2.05) is 0 Å². The number of esters is 2. The molecule has 0 spiro atoms. The van der Waals surface area contributed by atoms with E-state index in [0.29, 0.717) is 49.6 Å². The summed E-state index contributed by atoms with van der Waals surface area (Å²) in [5.74, 6) is 0.00783. The van der Waals surface area contributed by atoms with Crippen LogP contribution in [0, 0.1) is 0 Å². The Morgan fingerprint density at radius 3 is 2.00 bits per heavy atom. The number of benzene rings is 3. The molecule has 0 radical (unpaired) electrons. The summed E-state index contributed by atoms with van der Waals surface area (Å²) in [5, 5.41) is 0.400. The molecule has 3 aromatic carbocycles. The number of anilines is 1. The van der Waals surface area contributed by atoms with Crippen LogP contribution < -0.4 is 14.4 Å². The maximum absolute atomic E-state index is 13.7. The summed E-state index contributed by atoms with van der Waals surface area (Å²) in [4.78, 5) is 44.5. The molecule has 0 aromatic heterocycles. The Morgan fingerprint density at radius 2 is 1.45 bits per heavy atom. The quantitative estimate of drug-likeness (QED) is 0.237. The second kappa shape index (κ2) is 13.0. The molecule has 206 valence electrons. The van der Waals surface area contributed by atoms with E-state index < -0.39 is 11.9 Å². The molecule has 1 aliphatic rings. The first-order valence-corrected chi connectivity index (χ1v) is 13.3. The number of amidine groups is 1. The molecular formula is C30H28N2O7S. The fourth-order valence-corrected chi connectivity index (χ4v) is 4.81. The van der Waals surface area contributed by atoms with Crippen molar-refractivity contribution >= 4 is 52.2 Å². The molecule has 1 aliphatic heterocycles. The summed E-state index contributed by atoms with van der Waals surface area (Å²) < 4.78 is 20.9. The van der Waals surface area contributed by atoms with Crippen molar-refractivity contribution in [2.45, 2.75) is 13.8 Å². The van der Waals surface area contributed by atoms with Crippen LogP contribution in [0.4, 0.5) is 11.4 Å². The first kappa shape index (κ1) is 28.4. The lowest BCUT2D eigenvalue weighted by Gasteiger charge is -2.16. The Hall–Kier alpha value is -4.57. The smallest absolute Gasteiger partial charge is 0.338 e. The van der Waals surface area contributed by atoms with E-state index in [4.69, 9.17) is 23.9 Å². The zero-order chi connectivity index (χ0) is 28.6. The zero-order valence-corrected chi connectivity index (χ0v) is 23.3. The normalized spacial score (nSPS) is 14.9. The van der Waals surface area contributed by atoms with E-state index >= 15 is 0 Å². The summed E-state index contributed by atoms with van der Waals surface area (Å²) in [6.07, 6.45) is 1.73. The Bertz CT molecular complexity index is 1460. The van der Waals surface area contributed by atoms with E-state index in [2.05, 4.69) is 0 Å². The Morgan fingerprint density at radius 1 is 0.850 bits per heavy atom. The third kappa shape index (κ3) is 6.35. The number of rotatable bonds is 9. The number of carbonyl (C=O) groups excluding carboxylic acids is 3. The van der Waals surface area contributed by atoms with Gasteiger partial charge in [-0.1, -0.05) is 0 Å². The number of ether oxygens (including phenoxy) is 4. The highest BCUT2D eigenvalue weighted by Gasteiger charge is 2.35. The zero-order valence-electron chi connectivity index (χ0n) is 22.5. The van der Waals surface area contributed by atoms with Crippen LogP contribution >= 0.6 is 11.8 Å². The predicted octanol–water partition coefficient (Wildman–Crippen LogP) is 5.87. The number of hydrogen-bond donors (Lipinski definition) is 0. The molecule has 0 unspecified atom stereocenters. The summed E-state index contributed by atoms with van der Waals surface area (Å²) in [6, 6.07) is 18.5. The lowest BCUT2D eigenvalue weighted by atomic mass is 10.1. The molecule has 40 heavy (non-hydrogen) atoms. The average molecular weight is 561 g/mol. The van der Waals surface area contributed by atoms with Crippen LogP contribution in [0.5, 0.6) is 11.5 Å². The second-order valence-electron chi connectivity index (χ2n) is 8.29. The van der Waals surface area contributed by atoms with Gasteiger partial charge < -0.3 is 18.9 Å². The van der Waals surface area contributed by atoms with E-state index in [-0.39, 0.29) is 19.1 Å². The fourth-order valence-electron chi connectivity index (χ4n) is 3.81. The van der Waals surface area contributed by atoms with Crippen LogP contribution in [0.2, 0.25) is 0 Å². The number of hydrogen-bond acceptors (Lipinski definition) is 9. The van der Waals surface area contributed by atoms with Crippen LogP contribution in [0.3, 0.4) is 0 Å². The highest BCUT2D eigenvalue weighted by atomic mass is 32.2. The van der Waals surface area contributed by atoms with Crippen LogP contribution in [0.15, 0.2) is 76.6 Å². The number of aliphatic imine (C=N–C) groups is 1. The van der Waals surface area contributed by atoms with Crippen molar-refractivity contribution in [2.24, 2.45) is 4.99 Å². The molecule has 9 nitrogen and oxygen atoms in total. The second-order valence-corrected chi connectivity index (χ2v) is 9.30. The lowest BCUT2D eigenvalue weighted by molar-refractivity contribution is -0.113. The van der Waals surface area contributed by atoms with Crippen molar-refractivity contribution in [1.29, 1.82) is 0 Å². The Balaban J connectivity index is 1.73. The molecule has 0 saturated carbocycles. The van der Waals surface area contributed by atoms with E-state index in [1.54, 1.807) is 101 Å². The first-order chi connectivity index (χ1) is 19.4. The summed E-state index contributed by atoms with van der Waals surface area (Å²) in [6.45, 7) is 4.02. The van der Waals surface area contributed by atoms with Gasteiger partial charge >= 0.3 is 11.9 Å². The Kier molecular flexibility index (Phi) is 9.23. The molecule has 1 amide bonds. The highest BCUT2D eigenvalue weighted by Crippen LogP contribution is 2.39. The number of carbonyl (C=O) groups is 3. The standard InChI is InChI=1S/C30H28N2O7S/c1-5-38-28(34)19-7-12-22(13-8-19)31-30-32(23-14-9-20(10-15-23)29(35)39-6-2)27(33)26(40-30)17-21-11-16-24(36-3)18-25(21)37-4/h7-18H,5-6H2,1-4H3/b26-17+,31-30?. The monoisotopic (exact) mass is 560 g/mol. The maximum atomic E-state index is 13.7. The molecule has 3 aromatic rings. The van der Waals surface area contributed by atoms with E-state index in [1.165, 1.54) is 16.7 Å². The molecule has 0 atom stereocenters. The van der Waals surface area contributed by atoms with Crippen molar-refractivity contribution < 1.29 is 33.3 Å². The van der Waals surface area contributed by atoms with Gasteiger partial charge in [0.05, 0.1) is 54.8 Å².